The van der Waals surface area contributed by atoms with E-state index in [4.69, 9.17) is 0 Å². The minimum absolute atomic E-state index is 0.0310. The third-order valence-corrected chi connectivity index (χ3v) is 8.84. The molecule has 3 rings (SSSR count). The van der Waals surface area contributed by atoms with E-state index in [0.29, 0.717) is 18.9 Å². The highest BCUT2D eigenvalue weighted by Crippen LogP contribution is 2.18. The fourth-order valence-corrected chi connectivity index (χ4v) is 5.58. The standard InChI is InChI=1S/C27H42N6O4S/c1-4-38(36,37)16-15-32-13-10-23(11-14-32)31-26(29-3)17-25(28-2)27(35)30-18-24(34)20-33-12-9-21-7-5-6-8-22(21)19-33/h5-8,17,23-24,28,34H,3-4,9-16,18-20H2,1-2H3,(H,30,35)/t24-/m0/s1. The molecule has 0 aromatic heterocycles. The number of likely N-dealkylation sites (N-methyl/N-ethyl adjacent to an activating group) is 1. The topological polar surface area (TPSA) is 127 Å². The second-order valence-corrected chi connectivity index (χ2v) is 12.4. The van der Waals surface area contributed by atoms with Crippen LogP contribution >= 0.6 is 0 Å². The number of amidine groups is 1. The molecular formula is C27H42N6O4S. The number of rotatable bonds is 12. The first kappa shape index (κ1) is 29.9. The molecule has 0 unspecified atom stereocenters. The SMILES string of the molecule is C=NC(C=C(NC)C(=O)NC[C@H](O)CN1CCc2ccccc2C1)=NC1CCN(CCS(=O)(=O)CC)CC1. The van der Waals surface area contributed by atoms with Crippen LogP contribution < -0.4 is 10.6 Å². The van der Waals surface area contributed by atoms with Gasteiger partial charge in [-0.1, -0.05) is 31.2 Å². The number of piperidine rings is 1. The lowest BCUT2D eigenvalue weighted by Gasteiger charge is -2.30. The molecule has 2 aliphatic heterocycles. The van der Waals surface area contributed by atoms with Gasteiger partial charge in [0, 0.05) is 64.7 Å². The Bertz CT molecular complexity index is 1110. The summed E-state index contributed by atoms with van der Waals surface area (Å²) in [6, 6.07) is 8.39. The number of nitrogens with zero attached hydrogens (tertiary/aromatic N) is 4. The fourth-order valence-electron chi connectivity index (χ4n) is 4.75. The van der Waals surface area contributed by atoms with Crippen LogP contribution in [0.15, 0.2) is 46.0 Å². The molecule has 1 amide bonds. The Morgan fingerprint density at radius 3 is 2.58 bits per heavy atom. The Morgan fingerprint density at radius 1 is 1.21 bits per heavy atom. The number of aliphatic hydroxyl groups is 1. The molecule has 0 saturated carbocycles. The van der Waals surface area contributed by atoms with E-state index in [1.807, 2.05) is 6.07 Å². The van der Waals surface area contributed by atoms with Gasteiger partial charge in [-0.25, -0.2) is 13.4 Å². The van der Waals surface area contributed by atoms with E-state index < -0.39 is 15.9 Å². The molecule has 3 N–H and O–H groups in total. The number of carbonyl (C=O) groups excluding carboxylic acids is 1. The van der Waals surface area contributed by atoms with Gasteiger partial charge in [0.15, 0.2) is 9.84 Å². The van der Waals surface area contributed by atoms with Gasteiger partial charge in [0.05, 0.1) is 17.9 Å². The molecule has 0 bridgehead atoms. The first-order valence-corrected chi connectivity index (χ1v) is 15.2. The van der Waals surface area contributed by atoms with Crippen LogP contribution in [0.4, 0.5) is 0 Å². The number of amides is 1. The van der Waals surface area contributed by atoms with Crippen molar-refractivity contribution in [3.8, 4) is 0 Å². The van der Waals surface area contributed by atoms with E-state index in [1.165, 1.54) is 11.1 Å². The van der Waals surface area contributed by atoms with Gasteiger partial charge in [0.2, 0.25) is 0 Å². The predicted octanol–water partition coefficient (Wildman–Crippen LogP) is 0.623. The van der Waals surface area contributed by atoms with Gasteiger partial charge >= 0.3 is 0 Å². The van der Waals surface area contributed by atoms with Crippen molar-refractivity contribution < 1.29 is 18.3 Å². The molecule has 1 aromatic rings. The number of aliphatic imine (C=N–C) groups is 2. The maximum absolute atomic E-state index is 12.8. The molecule has 2 heterocycles. The van der Waals surface area contributed by atoms with Gasteiger partial charge in [-0.05, 0) is 37.1 Å². The molecule has 0 aliphatic carbocycles. The normalized spacial score (nSPS) is 19.0. The molecule has 0 spiro atoms. The molecule has 1 fully saturated rings. The van der Waals surface area contributed by atoms with Crippen molar-refractivity contribution in [1.29, 1.82) is 0 Å². The molecule has 11 heteroatoms. The number of benzene rings is 1. The van der Waals surface area contributed by atoms with E-state index in [-0.39, 0.29) is 35.7 Å². The highest BCUT2D eigenvalue weighted by atomic mass is 32.2. The van der Waals surface area contributed by atoms with Crippen LogP contribution in [0.1, 0.15) is 30.9 Å². The minimum Gasteiger partial charge on any atom is -0.390 e. The van der Waals surface area contributed by atoms with E-state index in [1.54, 1.807) is 20.0 Å². The number of fused-ring (bicyclic) bond motifs is 1. The molecular weight excluding hydrogens is 504 g/mol. The van der Waals surface area contributed by atoms with Crippen LogP contribution in [-0.4, -0.2) is 112 Å². The minimum atomic E-state index is -2.97. The first-order chi connectivity index (χ1) is 18.2. The Labute approximate surface area is 226 Å². The van der Waals surface area contributed by atoms with Crippen LogP contribution in [0.3, 0.4) is 0 Å². The predicted molar refractivity (Wildman–Crippen MR) is 152 cm³/mol. The van der Waals surface area contributed by atoms with Crippen LogP contribution in [0.2, 0.25) is 0 Å². The molecule has 10 nitrogen and oxygen atoms in total. The lowest BCUT2D eigenvalue weighted by atomic mass is 10.00. The zero-order chi connectivity index (χ0) is 27.5. The smallest absolute Gasteiger partial charge is 0.267 e. The second-order valence-electron chi connectivity index (χ2n) is 9.88. The van der Waals surface area contributed by atoms with E-state index >= 15 is 0 Å². The quantitative estimate of drug-likeness (QED) is 0.199. The number of β-amino-alcohol motifs (C(OH)–C–C–N with tert-alkyl or cyclic N) is 1. The average molecular weight is 547 g/mol. The van der Waals surface area contributed by atoms with Crippen molar-refractivity contribution in [2.24, 2.45) is 9.98 Å². The van der Waals surface area contributed by atoms with E-state index in [0.717, 1.165) is 45.4 Å². The van der Waals surface area contributed by atoms with Crippen molar-refractivity contribution in [1.82, 2.24) is 20.4 Å². The highest BCUT2D eigenvalue weighted by Gasteiger charge is 2.22. The Morgan fingerprint density at radius 2 is 1.92 bits per heavy atom. The molecule has 38 heavy (non-hydrogen) atoms. The Hall–Kier alpha value is -2.60. The summed E-state index contributed by atoms with van der Waals surface area (Å²) in [5.74, 6) is 0.367. The van der Waals surface area contributed by atoms with Gasteiger partial charge in [0.1, 0.15) is 11.5 Å². The molecule has 2 aliphatic rings. The van der Waals surface area contributed by atoms with Gasteiger partial charge in [0.25, 0.3) is 5.91 Å². The van der Waals surface area contributed by atoms with Gasteiger partial charge in [-0.15, -0.1) is 0 Å². The summed E-state index contributed by atoms with van der Waals surface area (Å²) in [5.41, 5.74) is 2.93. The first-order valence-electron chi connectivity index (χ1n) is 13.3. The van der Waals surface area contributed by atoms with Crippen LogP contribution in [-0.2, 0) is 27.6 Å². The monoisotopic (exact) mass is 546 g/mol. The molecule has 1 atom stereocenters. The average Bonchev–Trinajstić information content (AvgIpc) is 2.93. The van der Waals surface area contributed by atoms with Crippen LogP contribution in [0.25, 0.3) is 0 Å². The highest BCUT2D eigenvalue weighted by molar-refractivity contribution is 7.91. The zero-order valence-corrected chi connectivity index (χ0v) is 23.4. The molecule has 0 radical (unpaired) electrons. The number of aliphatic hydroxyl groups excluding tert-OH is 1. The van der Waals surface area contributed by atoms with Gasteiger partial charge in [-0.3, -0.25) is 14.7 Å². The largest absolute Gasteiger partial charge is 0.390 e. The number of likely N-dealkylation sites (tertiary alicyclic amines) is 1. The number of hydrogen-bond acceptors (Lipinski definition) is 8. The van der Waals surface area contributed by atoms with Crippen molar-refractivity contribution in [2.75, 3.05) is 57.8 Å². The Balaban J connectivity index is 1.47. The maximum atomic E-state index is 12.8. The third-order valence-electron chi connectivity index (χ3n) is 7.16. The maximum Gasteiger partial charge on any atom is 0.267 e. The van der Waals surface area contributed by atoms with Crippen molar-refractivity contribution >= 4 is 28.3 Å². The number of carbonyl (C=O) groups is 1. The van der Waals surface area contributed by atoms with Gasteiger partial charge in [-0.2, -0.15) is 0 Å². The van der Waals surface area contributed by atoms with Crippen molar-refractivity contribution in [3.63, 3.8) is 0 Å². The lowest BCUT2D eigenvalue weighted by Crippen LogP contribution is -2.43. The summed E-state index contributed by atoms with van der Waals surface area (Å²) >= 11 is 0. The summed E-state index contributed by atoms with van der Waals surface area (Å²) in [4.78, 5) is 25.8. The number of sulfone groups is 1. The van der Waals surface area contributed by atoms with Crippen LogP contribution in [0, 0.1) is 0 Å². The molecule has 1 saturated heterocycles. The summed E-state index contributed by atoms with van der Waals surface area (Å²) < 4.78 is 23.5. The second kappa shape index (κ2) is 14.5. The summed E-state index contributed by atoms with van der Waals surface area (Å²) in [5, 5.41) is 16.2. The summed E-state index contributed by atoms with van der Waals surface area (Å²) in [6.07, 6.45) is 3.40. The zero-order valence-electron chi connectivity index (χ0n) is 22.6. The molecule has 1 aromatic carbocycles. The summed E-state index contributed by atoms with van der Waals surface area (Å²) in [6.45, 7) is 9.64. The number of nitrogens with one attached hydrogen (secondary N) is 2. The van der Waals surface area contributed by atoms with Crippen LogP contribution in [0.5, 0.6) is 0 Å². The Kier molecular flexibility index (Phi) is 11.4. The third kappa shape index (κ3) is 9.30. The fraction of sp³-hybridized carbons (Fsp3) is 0.593. The lowest BCUT2D eigenvalue weighted by molar-refractivity contribution is -0.118. The van der Waals surface area contributed by atoms with E-state index in [2.05, 4.69) is 55.3 Å². The van der Waals surface area contributed by atoms with Crippen molar-refractivity contribution in [3.05, 3.63) is 47.2 Å². The van der Waals surface area contributed by atoms with E-state index in [9.17, 15) is 18.3 Å². The molecule has 210 valence electrons. The van der Waals surface area contributed by atoms with Crippen molar-refractivity contribution in [2.45, 2.75) is 44.9 Å². The summed E-state index contributed by atoms with van der Waals surface area (Å²) in [7, 11) is -1.32. The number of hydrogen-bond donors (Lipinski definition) is 3. The van der Waals surface area contributed by atoms with Gasteiger partial charge < -0.3 is 20.6 Å².